The predicted octanol–water partition coefficient (Wildman–Crippen LogP) is 1.85. The number of fused-ring (bicyclic) bond motifs is 1. The quantitative estimate of drug-likeness (QED) is 0.741. The molecule has 27 heavy (non-hydrogen) atoms. The smallest absolute Gasteiger partial charge is 0.254 e. The van der Waals surface area contributed by atoms with Crippen LogP contribution in [0.25, 0.3) is 11.0 Å². The van der Waals surface area contributed by atoms with Gasteiger partial charge in [0.05, 0.1) is 5.39 Å². The van der Waals surface area contributed by atoms with Crippen molar-refractivity contribution in [1.29, 1.82) is 0 Å². The van der Waals surface area contributed by atoms with Gasteiger partial charge in [0.25, 0.3) is 5.91 Å². The van der Waals surface area contributed by atoms with E-state index in [9.17, 15) is 13.6 Å². The standard InChI is InChI=1S/C18H16F2N6O/c19-13-3-1-11(9-14(13)20)18(27)26-7-5-25(6-8-26)17-12-2-4-15(21)24-16(12)22-10-23-17/h1-4,9-10H,5-8H2,(H2,21,22,23,24). The number of nitrogen functional groups attached to an aromatic ring is 1. The van der Waals surface area contributed by atoms with Crippen LogP contribution in [0.5, 0.6) is 0 Å². The Bertz CT molecular complexity index is 1020. The van der Waals surface area contributed by atoms with Crippen molar-refractivity contribution in [2.24, 2.45) is 0 Å². The summed E-state index contributed by atoms with van der Waals surface area (Å²) in [6.07, 6.45) is 1.43. The second kappa shape index (κ2) is 6.75. The molecule has 4 rings (SSSR count). The molecule has 2 N–H and O–H groups in total. The lowest BCUT2D eigenvalue weighted by Crippen LogP contribution is -2.49. The zero-order valence-electron chi connectivity index (χ0n) is 14.3. The van der Waals surface area contributed by atoms with Gasteiger partial charge < -0.3 is 15.5 Å². The molecule has 1 amide bonds. The van der Waals surface area contributed by atoms with E-state index in [0.717, 1.165) is 23.3 Å². The Morgan fingerprint density at radius 3 is 2.52 bits per heavy atom. The fourth-order valence-corrected chi connectivity index (χ4v) is 3.13. The molecule has 138 valence electrons. The number of benzene rings is 1. The number of aromatic nitrogens is 3. The van der Waals surface area contributed by atoms with Crippen molar-refractivity contribution in [3.8, 4) is 0 Å². The Labute approximate surface area is 153 Å². The highest BCUT2D eigenvalue weighted by atomic mass is 19.2. The van der Waals surface area contributed by atoms with Crippen molar-refractivity contribution in [3.63, 3.8) is 0 Å². The molecule has 7 nitrogen and oxygen atoms in total. The number of carbonyl (C=O) groups excluding carboxylic acids is 1. The first-order valence-electron chi connectivity index (χ1n) is 8.39. The van der Waals surface area contributed by atoms with Crippen molar-refractivity contribution in [2.75, 3.05) is 36.8 Å². The van der Waals surface area contributed by atoms with Crippen LogP contribution in [0, 0.1) is 11.6 Å². The molecule has 1 saturated heterocycles. The van der Waals surface area contributed by atoms with E-state index >= 15 is 0 Å². The molecule has 3 aromatic rings. The summed E-state index contributed by atoms with van der Waals surface area (Å²) in [6, 6.07) is 6.70. The lowest BCUT2D eigenvalue weighted by atomic mass is 10.1. The minimum atomic E-state index is -1.03. The maximum absolute atomic E-state index is 13.4. The number of pyridine rings is 1. The summed E-state index contributed by atoms with van der Waals surface area (Å²) in [5.41, 5.74) is 6.35. The molecule has 0 radical (unpaired) electrons. The molecule has 9 heteroatoms. The highest BCUT2D eigenvalue weighted by Gasteiger charge is 2.24. The average Bonchev–Trinajstić information content (AvgIpc) is 2.69. The zero-order chi connectivity index (χ0) is 19.0. The number of hydrogen-bond acceptors (Lipinski definition) is 6. The number of anilines is 2. The van der Waals surface area contributed by atoms with Gasteiger partial charge in [0, 0.05) is 31.7 Å². The Morgan fingerprint density at radius 2 is 1.78 bits per heavy atom. The summed E-state index contributed by atoms with van der Waals surface area (Å²) >= 11 is 0. The van der Waals surface area contributed by atoms with Gasteiger partial charge in [-0.3, -0.25) is 4.79 Å². The van der Waals surface area contributed by atoms with Crippen LogP contribution in [-0.2, 0) is 0 Å². The molecule has 3 heterocycles. The summed E-state index contributed by atoms with van der Waals surface area (Å²) < 4.78 is 26.4. The van der Waals surface area contributed by atoms with Crippen LogP contribution in [-0.4, -0.2) is 51.9 Å². The highest BCUT2D eigenvalue weighted by molar-refractivity contribution is 5.94. The molecule has 1 fully saturated rings. The molecule has 0 aliphatic carbocycles. The van der Waals surface area contributed by atoms with Gasteiger partial charge >= 0.3 is 0 Å². The van der Waals surface area contributed by atoms with Crippen LogP contribution in [0.15, 0.2) is 36.7 Å². The van der Waals surface area contributed by atoms with Crippen LogP contribution in [0.2, 0.25) is 0 Å². The second-order valence-corrected chi connectivity index (χ2v) is 6.21. The fraction of sp³-hybridized carbons (Fsp3) is 0.222. The van der Waals surface area contributed by atoms with Crippen LogP contribution < -0.4 is 10.6 Å². The molecule has 0 spiro atoms. The van der Waals surface area contributed by atoms with Crippen molar-refractivity contribution >= 4 is 28.6 Å². The van der Waals surface area contributed by atoms with E-state index in [-0.39, 0.29) is 11.5 Å². The Balaban J connectivity index is 1.51. The summed E-state index contributed by atoms with van der Waals surface area (Å²) in [4.78, 5) is 28.9. The topological polar surface area (TPSA) is 88.2 Å². The molecular formula is C18H16F2N6O. The maximum atomic E-state index is 13.4. The second-order valence-electron chi connectivity index (χ2n) is 6.21. The first-order valence-corrected chi connectivity index (χ1v) is 8.39. The molecule has 0 bridgehead atoms. The van der Waals surface area contributed by atoms with Crippen molar-refractivity contribution in [2.45, 2.75) is 0 Å². The summed E-state index contributed by atoms with van der Waals surface area (Å²) in [6.45, 7) is 1.97. The van der Waals surface area contributed by atoms with Crippen LogP contribution >= 0.6 is 0 Å². The first kappa shape index (κ1) is 17.1. The van der Waals surface area contributed by atoms with Crippen LogP contribution in [0.1, 0.15) is 10.4 Å². The van der Waals surface area contributed by atoms with Crippen LogP contribution in [0.4, 0.5) is 20.4 Å². The maximum Gasteiger partial charge on any atom is 0.254 e. The van der Waals surface area contributed by atoms with Gasteiger partial charge in [-0.2, -0.15) is 0 Å². The van der Waals surface area contributed by atoms with Gasteiger partial charge in [-0.1, -0.05) is 0 Å². The van der Waals surface area contributed by atoms with Crippen LogP contribution in [0.3, 0.4) is 0 Å². The van der Waals surface area contributed by atoms with Gasteiger partial charge in [0.1, 0.15) is 18.0 Å². The Hall–Kier alpha value is -3.36. The third-order valence-electron chi connectivity index (χ3n) is 4.53. The minimum absolute atomic E-state index is 0.134. The Morgan fingerprint density at radius 1 is 1.00 bits per heavy atom. The van der Waals surface area contributed by atoms with Crippen molar-refractivity contribution < 1.29 is 13.6 Å². The fourth-order valence-electron chi connectivity index (χ4n) is 3.13. The molecule has 0 saturated carbocycles. The van der Waals surface area contributed by atoms with E-state index in [2.05, 4.69) is 15.0 Å². The summed E-state index contributed by atoms with van der Waals surface area (Å²) in [5.74, 6) is -1.21. The van der Waals surface area contributed by atoms with Gasteiger partial charge in [-0.25, -0.2) is 23.7 Å². The predicted molar refractivity (Wildman–Crippen MR) is 96.2 cm³/mol. The molecule has 1 aliphatic rings. The van der Waals surface area contributed by atoms with E-state index in [4.69, 9.17) is 5.73 Å². The molecule has 1 aromatic carbocycles. The van der Waals surface area contributed by atoms with E-state index in [1.165, 1.54) is 12.4 Å². The van der Waals surface area contributed by atoms with E-state index in [1.807, 2.05) is 11.0 Å². The molecule has 0 atom stereocenters. The normalized spacial score (nSPS) is 14.6. The molecule has 2 aromatic heterocycles. The number of nitrogens with two attached hydrogens (primary N) is 1. The largest absolute Gasteiger partial charge is 0.384 e. The number of rotatable bonds is 2. The molecular weight excluding hydrogens is 354 g/mol. The van der Waals surface area contributed by atoms with Crippen molar-refractivity contribution in [3.05, 3.63) is 53.9 Å². The highest BCUT2D eigenvalue weighted by Crippen LogP contribution is 2.24. The SMILES string of the molecule is Nc1ccc2c(N3CCN(C(=O)c4ccc(F)c(F)c4)CC3)ncnc2n1. The zero-order valence-corrected chi connectivity index (χ0v) is 14.3. The lowest BCUT2D eigenvalue weighted by Gasteiger charge is -2.35. The summed E-state index contributed by atoms with van der Waals surface area (Å²) in [5, 5.41) is 0.784. The van der Waals surface area contributed by atoms with Gasteiger partial charge in [-0.15, -0.1) is 0 Å². The lowest BCUT2D eigenvalue weighted by molar-refractivity contribution is 0.0746. The number of hydrogen-bond donors (Lipinski definition) is 1. The number of carbonyl (C=O) groups is 1. The summed E-state index contributed by atoms with van der Waals surface area (Å²) in [7, 11) is 0. The third-order valence-corrected chi connectivity index (χ3v) is 4.53. The Kier molecular flexibility index (Phi) is 4.27. The van der Waals surface area contributed by atoms with Crippen molar-refractivity contribution in [1.82, 2.24) is 19.9 Å². The molecule has 0 unspecified atom stereocenters. The van der Waals surface area contributed by atoms with Gasteiger partial charge in [0.15, 0.2) is 17.3 Å². The van der Waals surface area contributed by atoms with Gasteiger partial charge in [-0.05, 0) is 30.3 Å². The van der Waals surface area contributed by atoms with E-state index in [0.29, 0.717) is 37.6 Å². The average molecular weight is 370 g/mol. The van der Waals surface area contributed by atoms with E-state index < -0.39 is 11.6 Å². The first-order chi connectivity index (χ1) is 13.0. The van der Waals surface area contributed by atoms with Gasteiger partial charge in [0.2, 0.25) is 0 Å². The minimum Gasteiger partial charge on any atom is -0.384 e. The monoisotopic (exact) mass is 370 g/mol. The van der Waals surface area contributed by atoms with E-state index in [1.54, 1.807) is 11.0 Å². The number of halogens is 2. The third kappa shape index (κ3) is 3.23. The number of amides is 1. The number of nitrogens with zero attached hydrogens (tertiary/aromatic N) is 5. The molecule has 1 aliphatic heterocycles. The number of piperazine rings is 1.